The Bertz CT molecular complexity index is 1100. The molecular formula is C44H70O2. The van der Waals surface area contributed by atoms with Crippen LogP contribution >= 0.6 is 0 Å². The highest BCUT2D eigenvalue weighted by Crippen LogP contribution is 2.67. The number of fused-ring (bicyclic) bond motifs is 5. The van der Waals surface area contributed by atoms with E-state index in [1.165, 1.54) is 77.0 Å². The highest BCUT2D eigenvalue weighted by molar-refractivity contribution is 5.69. The lowest BCUT2D eigenvalue weighted by atomic mass is 9.47. The lowest BCUT2D eigenvalue weighted by Crippen LogP contribution is -2.51. The number of carbonyl (C=O) groups excluding carboxylic acids is 1. The van der Waals surface area contributed by atoms with Crippen molar-refractivity contribution < 1.29 is 9.53 Å². The van der Waals surface area contributed by atoms with E-state index in [2.05, 4.69) is 78.2 Å². The largest absolute Gasteiger partial charge is 0.462 e. The summed E-state index contributed by atoms with van der Waals surface area (Å²) in [6, 6.07) is 0. The van der Waals surface area contributed by atoms with Crippen molar-refractivity contribution in [2.75, 3.05) is 0 Å². The SMILES string of the molecule is C=CCC#CCCCCCCCCCC(=O)O[C@H]1CC[C@@]2(C)C(=CC[C@H]3[C@H]4CC[C@H]([C@H](C)/C=C/[C@@H](CC)C(C)C)[C@@]4(C)CC[C@@H]32)C1. The fraction of sp³-hybridized carbons (Fsp3) is 0.795. The minimum absolute atomic E-state index is 0.0354. The summed E-state index contributed by atoms with van der Waals surface area (Å²) in [5, 5.41) is 0. The van der Waals surface area contributed by atoms with Crippen LogP contribution in [0.2, 0.25) is 0 Å². The van der Waals surface area contributed by atoms with Gasteiger partial charge in [-0.05, 0) is 116 Å². The van der Waals surface area contributed by atoms with Crippen LogP contribution in [0.25, 0.3) is 0 Å². The molecule has 0 spiro atoms. The van der Waals surface area contributed by atoms with Gasteiger partial charge in [-0.25, -0.2) is 0 Å². The van der Waals surface area contributed by atoms with Gasteiger partial charge in [0.15, 0.2) is 0 Å². The minimum atomic E-state index is 0.0354. The van der Waals surface area contributed by atoms with Crippen LogP contribution in [0, 0.1) is 64.1 Å². The van der Waals surface area contributed by atoms with E-state index in [4.69, 9.17) is 4.74 Å². The zero-order chi connectivity index (χ0) is 33.2. The smallest absolute Gasteiger partial charge is 0.306 e. The number of rotatable bonds is 16. The van der Waals surface area contributed by atoms with Crippen LogP contribution in [0.15, 0.2) is 36.5 Å². The van der Waals surface area contributed by atoms with Crippen molar-refractivity contribution in [1.29, 1.82) is 0 Å². The minimum Gasteiger partial charge on any atom is -0.462 e. The molecule has 0 aromatic rings. The van der Waals surface area contributed by atoms with Gasteiger partial charge in [-0.2, -0.15) is 0 Å². The van der Waals surface area contributed by atoms with E-state index in [0.717, 1.165) is 68.1 Å². The molecule has 0 bridgehead atoms. The molecule has 4 rings (SSSR count). The van der Waals surface area contributed by atoms with E-state index < -0.39 is 0 Å². The predicted octanol–water partition coefficient (Wildman–Crippen LogP) is 12.4. The Balaban J connectivity index is 1.21. The quantitative estimate of drug-likeness (QED) is 0.0734. The molecule has 46 heavy (non-hydrogen) atoms. The third-order valence-corrected chi connectivity index (χ3v) is 13.6. The number of hydrogen-bond acceptors (Lipinski definition) is 2. The molecule has 0 amide bonds. The highest BCUT2D eigenvalue weighted by Gasteiger charge is 2.59. The maximum absolute atomic E-state index is 12.8. The van der Waals surface area contributed by atoms with E-state index in [1.54, 1.807) is 5.57 Å². The van der Waals surface area contributed by atoms with E-state index in [-0.39, 0.29) is 12.1 Å². The molecule has 9 atom stereocenters. The number of allylic oxidation sites excluding steroid dienone is 4. The maximum atomic E-state index is 12.8. The summed E-state index contributed by atoms with van der Waals surface area (Å²) in [5.41, 5.74) is 2.41. The first-order chi connectivity index (χ1) is 22.1. The van der Waals surface area contributed by atoms with Crippen LogP contribution in [0.5, 0.6) is 0 Å². The molecule has 2 heteroatoms. The van der Waals surface area contributed by atoms with Crippen LogP contribution in [-0.4, -0.2) is 12.1 Å². The summed E-state index contributed by atoms with van der Waals surface area (Å²) in [6.07, 6.45) is 31.8. The molecule has 4 aliphatic carbocycles. The summed E-state index contributed by atoms with van der Waals surface area (Å²) in [7, 11) is 0. The fourth-order valence-electron chi connectivity index (χ4n) is 10.8. The van der Waals surface area contributed by atoms with E-state index in [1.807, 2.05) is 6.08 Å². The molecule has 4 aliphatic rings. The van der Waals surface area contributed by atoms with Crippen molar-refractivity contribution in [2.45, 2.75) is 170 Å². The van der Waals surface area contributed by atoms with Crippen molar-refractivity contribution in [1.82, 2.24) is 0 Å². The van der Waals surface area contributed by atoms with Crippen molar-refractivity contribution >= 4 is 5.97 Å². The van der Waals surface area contributed by atoms with Gasteiger partial charge in [-0.3, -0.25) is 4.79 Å². The fourth-order valence-corrected chi connectivity index (χ4v) is 10.8. The zero-order valence-electron chi connectivity index (χ0n) is 30.9. The Morgan fingerprint density at radius 3 is 2.41 bits per heavy atom. The van der Waals surface area contributed by atoms with Crippen molar-refractivity contribution in [3.05, 3.63) is 36.5 Å². The second-order valence-electron chi connectivity index (χ2n) is 16.7. The molecule has 0 saturated heterocycles. The summed E-state index contributed by atoms with van der Waals surface area (Å²) in [5.74, 6) is 11.8. The number of unbranched alkanes of at least 4 members (excludes halogenated alkanes) is 7. The Labute approximate surface area is 285 Å². The molecule has 0 aromatic heterocycles. The zero-order valence-corrected chi connectivity index (χ0v) is 30.9. The van der Waals surface area contributed by atoms with Crippen molar-refractivity contribution in [2.24, 2.45) is 52.3 Å². The van der Waals surface area contributed by atoms with Gasteiger partial charge in [-0.1, -0.05) is 109 Å². The molecule has 0 aromatic carbocycles. The Morgan fingerprint density at radius 1 is 0.957 bits per heavy atom. The highest BCUT2D eigenvalue weighted by atomic mass is 16.5. The first kappa shape index (κ1) is 37.1. The predicted molar refractivity (Wildman–Crippen MR) is 196 cm³/mol. The molecule has 0 N–H and O–H groups in total. The third kappa shape index (κ3) is 9.03. The van der Waals surface area contributed by atoms with Gasteiger partial charge in [0.2, 0.25) is 0 Å². The molecule has 3 fully saturated rings. The molecule has 0 radical (unpaired) electrons. The van der Waals surface area contributed by atoms with Crippen molar-refractivity contribution in [3.63, 3.8) is 0 Å². The lowest BCUT2D eigenvalue weighted by Gasteiger charge is -2.58. The Morgan fingerprint density at radius 2 is 1.70 bits per heavy atom. The molecule has 258 valence electrons. The van der Waals surface area contributed by atoms with Gasteiger partial charge in [-0.15, -0.1) is 12.5 Å². The Hall–Kier alpha value is -1.75. The van der Waals surface area contributed by atoms with Gasteiger partial charge in [0.25, 0.3) is 0 Å². The summed E-state index contributed by atoms with van der Waals surface area (Å²) in [6.45, 7) is 18.6. The normalized spacial score (nSPS) is 33.3. The molecular weight excluding hydrogens is 560 g/mol. The van der Waals surface area contributed by atoms with Gasteiger partial charge >= 0.3 is 5.97 Å². The first-order valence-electron chi connectivity index (χ1n) is 19.8. The number of hydrogen-bond donors (Lipinski definition) is 0. The number of ether oxygens (including phenoxy) is 1. The topological polar surface area (TPSA) is 26.3 Å². The van der Waals surface area contributed by atoms with E-state index in [9.17, 15) is 4.79 Å². The average molecular weight is 631 g/mol. The van der Waals surface area contributed by atoms with Gasteiger partial charge in [0.05, 0.1) is 0 Å². The third-order valence-electron chi connectivity index (χ3n) is 13.6. The molecule has 0 unspecified atom stereocenters. The first-order valence-corrected chi connectivity index (χ1v) is 19.8. The van der Waals surface area contributed by atoms with Gasteiger partial charge in [0, 0.05) is 25.7 Å². The Kier molecular flexibility index (Phi) is 14.2. The summed E-state index contributed by atoms with van der Waals surface area (Å²) in [4.78, 5) is 12.8. The number of esters is 1. The van der Waals surface area contributed by atoms with Crippen LogP contribution < -0.4 is 0 Å². The second-order valence-corrected chi connectivity index (χ2v) is 16.7. The van der Waals surface area contributed by atoms with Crippen LogP contribution in [-0.2, 0) is 9.53 Å². The van der Waals surface area contributed by atoms with Crippen molar-refractivity contribution in [3.8, 4) is 11.8 Å². The summed E-state index contributed by atoms with van der Waals surface area (Å²) >= 11 is 0. The monoisotopic (exact) mass is 631 g/mol. The van der Waals surface area contributed by atoms with Gasteiger partial charge in [0.1, 0.15) is 6.10 Å². The molecule has 2 nitrogen and oxygen atoms in total. The lowest BCUT2D eigenvalue weighted by molar-refractivity contribution is -0.151. The van der Waals surface area contributed by atoms with E-state index >= 15 is 0 Å². The molecule has 0 aliphatic heterocycles. The maximum Gasteiger partial charge on any atom is 0.306 e. The van der Waals surface area contributed by atoms with Crippen LogP contribution in [0.3, 0.4) is 0 Å². The second kappa shape index (κ2) is 17.6. The van der Waals surface area contributed by atoms with Gasteiger partial charge < -0.3 is 4.74 Å². The standard InChI is InChI=1S/C44H70O2/c1-8-10-11-12-13-14-15-16-17-18-19-20-21-42(45)46-37-28-30-43(6)36(32-37)24-25-38-40-27-26-39(44(40,7)31-29-41(38)43)34(5)22-23-35(9-2)33(3)4/h8,22-24,33-35,37-41H,1,9-10,13-21,25-32H2,2-7H3/b23-22+/t34-,35-,37+,38+,39-,40-,41+,43+,44-/m1/s1. The average Bonchev–Trinajstić information content (AvgIpc) is 3.39. The van der Waals surface area contributed by atoms with Crippen LogP contribution in [0.1, 0.15) is 164 Å². The van der Waals surface area contributed by atoms with Crippen LogP contribution in [0.4, 0.5) is 0 Å². The van der Waals surface area contributed by atoms with E-state index in [0.29, 0.717) is 29.1 Å². The number of carbonyl (C=O) groups is 1. The molecule has 0 heterocycles. The summed E-state index contributed by atoms with van der Waals surface area (Å²) < 4.78 is 6.10. The molecule has 3 saturated carbocycles.